The van der Waals surface area contributed by atoms with Crippen LogP contribution >= 0.6 is 0 Å². The highest BCUT2D eigenvalue weighted by molar-refractivity contribution is 5.86. The van der Waals surface area contributed by atoms with Gasteiger partial charge in [0.25, 0.3) is 0 Å². The number of aryl methyl sites for hydroxylation is 3. The summed E-state index contributed by atoms with van der Waals surface area (Å²) in [6.45, 7) is 5.72. The van der Waals surface area contributed by atoms with E-state index in [1.807, 2.05) is 20.2 Å². The minimum Gasteiger partial charge on any atom is -0.368 e. The summed E-state index contributed by atoms with van der Waals surface area (Å²) in [5, 5.41) is 9.96. The fourth-order valence-corrected chi connectivity index (χ4v) is 3.20. The van der Waals surface area contributed by atoms with Crippen LogP contribution in [0.1, 0.15) is 11.5 Å². The molecule has 0 unspecified atom stereocenters. The maximum absolute atomic E-state index is 4.53. The molecule has 0 aliphatic heterocycles. The molecule has 0 radical (unpaired) electrons. The molecule has 0 atom stereocenters. The second-order valence-corrected chi connectivity index (χ2v) is 6.05. The van der Waals surface area contributed by atoms with Crippen molar-refractivity contribution in [1.29, 1.82) is 0 Å². The first-order valence-electron chi connectivity index (χ1n) is 8.08. The van der Waals surface area contributed by atoms with Crippen LogP contribution in [0.3, 0.4) is 0 Å². The molecule has 24 heavy (non-hydrogen) atoms. The second-order valence-electron chi connectivity index (χ2n) is 6.05. The molecule has 3 aromatic heterocycles. The molecule has 3 heterocycles. The van der Waals surface area contributed by atoms with E-state index < -0.39 is 0 Å². The molecular formula is C18H20N6. The molecule has 4 rings (SSSR count). The first-order chi connectivity index (χ1) is 11.6. The molecule has 0 aliphatic rings. The van der Waals surface area contributed by atoms with Gasteiger partial charge in [-0.05, 0) is 31.4 Å². The van der Waals surface area contributed by atoms with Crippen LogP contribution in [-0.2, 0) is 13.6 Å². The number of benzene rings is 1. The average Bonchev–Trinajstić information content (AvgIpc) is 3.08. The van der Waals surface area contributed by atoms with Crippen molar-refractivity contribution in [3.63, 3.8) is 0 Å². The Bertz CT molecular complexity index is 1030. The van der Waals surface area contributed by atoms with Gasteiger partial charge in [0.05, 0.1) is 11.6 Å². The standard InChI is InChI=1S/C18H20N6/c1-12-10-14-6-4-5-7-16(14)24(12)9-8-19-17-15-11-20-23(3)18(15)22-13(2)21-17/h4-7,10-11H,8-9H2,1-3H3,(H,19,21,22). The van der Waals surface area contributed by atoms with Crippen molar-refractivity contribution < 1.29 is 0 Å². The second kappa shape index (κ2) is 5.63. The SMILES string of the molecule is Cc1nc(NCCn2c(C)cc3ccccc32)c2cnn(C)c2n1. The number of hydrogen-bond acceptors (Lipinski definition) is 4. The van der Waals surface area contributed by atoms with Crippen molar-refractivity contribution in [3.05, 3.63) is 48.0 Å². The molecule has 1 aromatic carbocycles. The third-order valence-electron chi connectivity index (χ3n) is 4.35. The van der Waals surface area contributed by atoms with Gasteiger partial charge in [-0.1, -0.05) is 18.2 Å². The van der Waals surface area contributed by atoms with Crippen LogP contribution in [0, 0.1) is 13.8 Å². The largest absolute Gasteiger partial charge is 0.368 e. The molecule has 4 aromatic rings. The van der Waals surface area contributed by atoms with Crippen LogP contribution in [-0.4, -0.2) is 30.9 Å². The maximum Gasteiger partial charge on any atom is 0.163 e. The van der Waals surface area contributed by atoms with E-state index in [1.165, 1.54) is 16.6 Å². The van der Waals surface area contributed by atoms with E-state index in [0.29, 0.717) is 0 Å². The highest BCUT2D eigenvalue weighted by atomic mass is 15.3. The van der Waals surface area contributed by atoms with E-state index >= 15 is 0 Å². The number of nitrogens with zero attached hydrogens (tertiary/aromatic N) is 5. The first-order valence-corrected chi connectivity index (χ1v) is 8.08. The number of nitrogens with one attached hydrogen (secondary N) is 1. The van der Waals surface area contributed by atoms with Crippen molar-refractivity contribution in [1.82, 2.24) is 24.3 Å². The van der Waals surface area contributed by atoms with Gasteiger partial charge < -0.3 is 9.88 Å². The molecule has 122 valence electrons. The zero-order valence-corrected chi connectivity index (χ0v) is 14.1. The number of hydrogen-bond donors (Lipinski definition) is 1. The van der Waals surface area contributed by atoms with Gasteiger partial charge in [0.2, 0.25) is 0 Å². The molecule has 0 fully saturated rings. The Balaban J connectivity index is 1.58. The highest BCUT2D eigenvalue weighted by Gasteiger charge is 2.10. The number of rotatable bonds is 4. The highest BCUT2D eigenvalue weighted by Crippen LogP contribution is 2.21. The van der Waals surface area contributed by atoms with Crippen molar-refractivity contribution >= 4 is 27.8 Å². The lowest BCUT2D eigenvalue weighted by molar-refractivity contribution is 0.733. The molecular weight excluding hydrogens is 300 g/mol. The predicted octanol–water partition coefficient (Wildman–Crippen LogP) is 3.05. The summed E-state index contributed by atoms with van der Waals surface area (Å²) in [5.74, 6) is 1.59. The summed E-state index contributed by atoms with van der Waals surface area (Å²) in [6.07, 6.45) is 1.81. The van der Waals surface area contributed by atoms with Crippen LogP contribution in [0.25, 0.3) is 21.9 Å². The first kappa shape index (κ1) is 14.7. The van der Waals surface area contributed by atoms with Crippen molar-refractivity contribution in [2.45, 2.75) is 20.4 Å². The minimum absolute atomic E-state index is 0.746. The van der Waals surface area contributed by atoms with Crippen LogP contribution < -0.4 is 5.32 Å². The van der Waals surface area contributed by atoms with Gasteiger partial charge >= 0.3 is 0 Å². The number of aromatic nitrogens is 5. The smallest absolute Gasteiger partial charge is 0.163 e. The zero-order chi connectivity index (χ0) is 16.7. The van der Waals surface area contributed by atoms with E-state index in [1.54, 1.807) is 4.68 Å². The zero-order valence-electron chi connectivity index (χ0n) is 14.1. The minimum atomic E-state index is 0.746. The lowest BCUT2D eigenvalue weighted by Crippen LogP contribution is -2.13. The fourth-order valence-electron chi connectivity index (χ4n) is 3.20. The van der Waals surface area contributed by atoms with E-state index in [0.717, 1.165) is 35.8 Å². The van der Waals surface area contributed by atoms with Gasteiger partial charge in [-0.15, -0.1) is 0 Å². The van der Waals surface area contributed by atoms with Gasteiger partial charge in [-0.2, -0.15) is 5.10 Å². The summed E-state index contributed by atoms with van der Waals surface area (Å²) < 4.78 is 4.11. The lowest BCUT2D eigenvalue weighted by Gasteiger charge is -2.11. The van der Waals surface area contributed by atoms with Crippen molar-refractivity contribution in [3.8, 4) is 0 Å². The van der Waals surface area contributed by atoms with Crippen molar-refractivity contribution in [2.24, 2.45) is 7.05 Å². The molecule has 6 heteroatoms. The molecule has 0 saturated heterocycles. The molecule has 0 aliphatic carbocycles. The molecule has 0 amide bonds. The Morgan fingerprint density at radius 1 is 1.12 bits per heavy atom. The molecule has 6 nitrogen and oxygen atoms in total. The number of fused-ring (bicyclic) bond motifs is 2. The summed E-state index contributed by atoms with van der Waals surface area (Å²) in [7, 11) is 1.90. The summed E-state index contributed by atoms with van der Waals surface area (Å²) in [6, 6.07) is 10.7. The topological polar surface area (TPSA) is 60.6 Å². The van der Waals surface area contributed by atoms with Gasteiger partial charge in [0, 0.05) is 31.3 Å². The van der Waals surface area contributed by atoms with Gasteiger partial charge in [-0.3, -0.25) is 4.68 Å². The van der Waals surface area contributed by atoms with Gasteiger partial charge in [-0.25, -0.2) is 9.97 Å². The molecule has 0 saturated carbocycles. The Kier molecular flexibility index (Phi) is 3.45. The van der Waals surface area contributed by atoms with Crippen molar-refractivity contribution in [2.75, 3.05) is 11.9 Å². The van der Waals surface area contributed by atoms with Crippen LogP contribution in [0.5, 0.6) is 0 Å². The summed E-state index contributed by atoms with van der Waals surface area (Å²) in [4.78, 5) is 8.99. The quantitative estimate of drug-likeness (QED) is 0.628. The van der Waals surface area contributed by atoms with Crippen LogP contribution in [0.4, 0.5) is 5.82 Å². The molecule has 1 N–H and O–H groups in total. The van der Waals surface area contributed by atoms with E-state index in [4.69, 9.17) is 0 Å². The van der Waals surface area contributed by atoms with E-state index in [9.17, 15) is 0 Å². The summed E-state index contributed by atoms with van der Waals surface area (Å²) >= 11 is 0. The predicted molar refractivity (Wildman–Crippen MR) is 96.2 cm³/mol. The lowest BCUT2D eigenvalue weighted by atomic mass is 10.2. The van der Waals surface area contributed by atoms with E-state index in [2.05, 4.69) is 62.2 Å². The van der Waals surface area contributed by atoms with Crippen LogP contribution in [0.2, 0.25) is 0 Å². The van der Waals surface area contributed by atoms with Gasteiger partial charge in [0.15, 0.2) is 5.65 Å². The Morgan fingerprint density at radius 3 is 2.83 bits per heavy atom. The number of para-hydroxylation sites is 1. The monoisotopic (exact) mass is 320 g/mol. The Hall–Kier alpha value is -2.89. The third-order valence-corrected chi connectivity index (χ3v) is 4.35. The molecule has 0 bridgehead atoms. The third kappa shape index (κ3) is 2.40. The summed E-state index contributed by atoms with van der Waals surface area (Å²) in [5.41, 5.74) is 3.39. The fraction of sp³-hybridized carbons (Fsp3) is 0.278. The molecule has 0 spiro atoms. The number of anilines is 1. The van der Waals surface area contributed by atoms with E-state index in [-0.39, 0.29) is 0 Å². The Morgan fingerprint density at radius 2 is 1.96 bits per heavy atom. The Labute approximate surface area is 140 Å². The van der Waals surface area contributed by atoms with Gasteiger partial charge in [0.1, 0.15) is 11.6 Å². The van der Waals surface area contributed by atoms with Crippen LogP contribution in [0.15, 0.2) is 36.5 Å². The maximum atomic E-state index is 4.53. The average molecular weight is 320 g/mol. The normalized spacial score (nSPS) is 11.5.